The number of amides is 1. The maximum Gasteiger partial charge on any atom is 0.269 e. The van der Waals surface area contributed by atoms with Gasteiger partial charge in [-0.2, -0.15) is 0 Å². The molecule has 2 aromatic carbocycles. The topological polar surface area (TPSA) is 42.0 Å². The van der Waals surface area contributed by atoms with Crippen molar-refractivity contribution in [1.82, 2.24) is 10.3 Å². The van der Waals surface area contributed by atoms with Crippen molar-refractivity contribution >= 4 is 5.91 Å². The van der Waals surface area contributed by atoms with E-state index in [0.29, 0.717) is 24.2 Å². The van der Waals surface area contributed by atoms with Crippen molar-refractivity contribution in [2.75, 3.05) is 6.54 Å². The summed E-state index contributed by atoms with van der Waals surface area (Å²) in [7, 11) is 0. The largest absolute Gasteiger partial charge is 0.350 e. The summed E-state index contributed by atoms with van der Waals surface area (Å²) in [6.07, 6.45) is 2.13. The molecular formula is C20H17FN2O. The molecule has 1 aromatic heterocycles. The van der Waals surface area contributed by atoms with Gasteiger partial charge in [-0.25, -0.2) is 4.39 Å². The van der Waals surface area contributed by atoms with Gasteiger partial charge in [-0.1, -0.05) is 54.6 Å². The Morgan fingerprint density at radius 2 is 1.67 bits per heavy atom. The average molecular weight is 320 g/mol. The van der Waals surface area contributed by atoms with Crippen LogP contribution in [-0.2, 0) is 6.42 Å². The summed E-state index contributed by atoms with van der Waals surface area (Å²) >= 11 is 0. The van der Waals surface area contributed by atoms with Crippen LogP contribution in [0.15, 0.2) is 72.9 Å². The van der Waals surface area contributed by atoms with Crippen molar-refractivity contribution in [3.63, 3.8) is 0 Å². The highest BCUT2D eigenvalue weighted by Crippen LogP contribution is 2.17. The maximum absolute atomic E-state index is 13.5. The molecule has 4 heteroatoms. The highest BCUT2D eigenvalue weighted by Gasteiger charge is 2.08. The summed E-state index contributed by atoms with van der Waals surface area (Å²) in [5, 5.41) is 2.77. The molecule has 3 rings (SSSR count). The van der Waals surface area contributed by atoms with Gasteiger partial charge in [-0.15, -0.1) is 0 Å². The Kier molecular flexibility index (Phi) is 4.96. The van der Waals surface area contributed by atoms with Crippen molar-refractivity contribution in [3.05, 3.63) is 90.0 Å². The number of nitrogens with one attached hydrogen (secondary N) is 1. The Morgan fingerprint density at radius 1 is 0.917 bits per heavy atom. The molecule has 1 heterocycles. The van der Waals surface area contributed by atoms with Crippen LogP contribution in [0.2, 0.25) is 0 Å². The number of nitrogens with zero attached hydrogens (tertiary/aromatic N) is 1. The van der Waals surface area contributed by atoms with E-state index in [1.807, 2.05) is 36.4 Å². The number of carbonyl (C=O) groups excluding carboxylic acids is 1. The van der Waals surface area contributed by atoms with Crippen molar-refractivity contribution in [2.45, 2.75) is 6.42 Å². The Morgan fingerprint density at radius 3 is 2.38 bits per heavy atom. The van der Waals surface area contributed by atoms with Crippen LogP contribution < -0.4 is 5.32 Å². The standard InChI is InChI=1S/C20H17FN2O/c21-18-9-5-4-8-16(18)12-13-22-20(24)19-11-10-17(14-23-19)15-6-2-1-3-7-15/h1-11,14H,12-13H2,(H,22,24). The first-order valence-electron chi connectivity index (χ1n) is 7.77. The summed E-state index contributed by atoms with van der Waals surface area (Å²) in [5.41, 5.74) is 2.95. The van der Waals surface area contributed by atoms with Gasteiger partial charge in [0.1, 0.15) is 11.5 Å². The smallest absolute Gasteiger partial charge is 0.269 e. The fraction of sp³-hybridized carbons (Fsp3) is 0.100. The van der Waals surface area contributed by atoms with Gasteiger partial charge in [0, 0.05) is 18.3 Å². The summed E-state index contributed by atoms with van der Waals surface area (Å²) in [4.78, 5) is 16.3. The molecule has 0 radical (unpaired) electrons. The average Bonchev–Trinajstić information content (AvgIpc) is 2.64. The summed E-state index contributed by atoms with van der Waals surface area (Å²) in [5.74, 6) is -0.511. The van der Waals surface area contributed by atoms with Crippen molar-refractivity contribution in [3.8, 4) is 11.1 Å². The van der Waals surface area contributed by atoms with E-state index in [0.717, 1.165) is 11.1 Å². The Bertz CT molecular complexity index is 817. The highest BCUT2D eigenvalue weighted by atomic mass is 19.1. The number of benzene rings is 2. The first kappa shape index (κ1) is 15.9. The maximum atomic E-state index is 13.5. The van der Waals surface area contributed by atoms with Crippen molar-refractivity contribution in [2.24, 2.45) is 0 Å². The van der Waals surface area contributed by atoms with Crippen LogP contribution in [0.5, 0.6) is 0 Å². The van der Waals surface area contributed by atoms with E-state index >= 15 is 0 Å². The number of carbonyl (C=O) groups is 1. The molecular weight excluding hydrogens is 303 g/mol. The molecule has 0 aliphatic rings. The zero-order chi connectivity index (χ0) is 16.8. The molecule has 0 saturated carbocycles. The van der Waals surface area contributed by atoms with E-state index in [-0.39, 0.29) is 11.7 Å². The van der Waals surface area contributed by atoms with E-state index < -0.39 is 0 Å². The van der Waals surface area contributed by atoms with Gasteiger partial charge in [0.15, 0.2) is 0 Å². The number of halogens is 1. The van der Waals surface area contributed by atoms with Gasteiger partial charge in [0.05, 0.1) is 0 Å². The molecule has 0 aliphatic heterocycles. The lowest BCUT2D eigenvalue weighted by molar-refractivity contribution is 0.0949. The number of hydrogen-bond acceptors (Lipinski definition) is 2. The monoisotopic (exact) mass is 320 g/mol. The summed E-state index contributed by atoms with van der Waals surface area (Å²) in [6.45, 7) is 0.363. The summed E-state index contributed by atoms with van der Waals surface area (Å²) in [6, 6.07) is 20.0. The normalized spacial score (nSPS) is 10.4. The molecule has 3 nitrogen and oxygen atoms in total. The van der Waals surface area contributed by atoms with E-state index in [4.69, 9.17) is 0 Å². The molecule has 1 N–H and O–H groups in total. The van der Waals surface area contributed by atoms with E-state index in [1.54, 1.807) is 30.5 Å². The number of rotatable bonds is 5. The van der Waals surface area contributed by atoms with Crippen LogP contribution in [0, 0.1) is 5.82 Å². The number of hydrogen-bond donors (Lipinski definition) is 1. The van der Waals surface area contributed by atoms with Crippen LogP contribution >= 0.6 is 0 Å². The molecule has 0 unspecified atom stereocenters. The zero-order valence-corrected chi connectivity index (χ0v) is 13.1. The Balaban J connectivity index is 1.58. The zero-order valence-electron chi connectivity index (χ0n) is 13.1. The van der Waals surface area contributed by atoms with E-state index in [1.165, 1.54) is 6.07 Å². The van der Waals surface area contributed by atoms with Gasteiger partial charge >= 0.3 is 0 Å². The summed E-state index contributed by atoms with van der Waals surface area (Å²) < 4.78 is 13.5. The van der Waals surface area contributed by atoms with Crippen LogP contribution in [0.3, 0.4) is 0 Å². The van der Waals surface area contributed by atoms with Gasteiger partial charge in [-0.3, -0.25) is 9.78 Å². The van der Waals surface area contributed by atoms with Crippen LogP contribution in [-0.4, -0.2) is 17.4 Å². The van der Waals surface area contributed by atoms with Gasteiger partial charge in [0.2, 0.25) is 0 Å². The molecule has 120 valence electrons. The molecule has 0 saturated heterocycles. The quantitative estimate of drug-likeness (QED) is 0.775. The number of aromatic nitrogens is 1. The Hall–Kier alpha value is -3.01. The van der Waals surface area contributed by atoms with Crippen molar-refractivity contribution in [1.29, 1.82) is 0 Å². The first-order valence-corrected chi connectivity index (χ1v) is 7.77. The second-order valence-corrected chi connectivity index (χ2v) is 5.40. The van der Waals surface area contributed by atoms with Crippen LogP contribution in [0.4, 0.5) is 4.39 Å². The predicted molar refractivity (Wildman–Crippen MR) is 92.1 cm³/mol. The van der Waals surface area contributed by atoms with Crippen molar-refractivity contribution < 1.29 is 9.18 Å². The van der Waals surface area contributed by atoms with Gasteiger partial charge < -0.3 is 5.32 Å². The highest BCUT2D eigenvalue weighted by molar-refractivity contribution is 5.92. The molecule has 0 bridgehead atoms. The molecule has 24 heavy (non-hydrogen) atoms. The van der Waals surface area contributed by atoms with Gasteiger partial charge in [0.25, 0.3) is 5.91 Å². The lowest BCUT2D eigenvalue weighted by atomic mass is 10.1. The van der Waals surface area contributed by atoms with E-state index in [9.17, 15) is 9.18 Å². The first-order chi connectivity index (χ1) is 11.7. The van der Waals surface area contributed by atoms with Crippen LogP contribution in [0.25, 0.3) is 11.1 Å². The molecule has 0 fully saturated rings. The minimum atomic E-state index is -0.258. The third kappa shape index (κ3) is 3.84. The molecule has 3 aromatic rings. The minimum absolute atomic E-state index is 0.253. The third-order valence-corrected chi connectivity index (χ3v) is 3.74. The van der Waals surface area contributed by atoms with Gasteiger partial charge in [-0.05, 0) is 29.7 Å². The fourth-order valence-electron chi connectivity index (χ4n) is 2.43. The second kappa shape index (κ2) is 7.51. The third-order valence-electron chi connectivity index (χ3n) is 3.74. The lowest BCUT2D eigenvalue weighted by Crippen LogP contribution is -2.26. The Labute approximate surface area is 140 Å². The van der Waals surface area contributed by atoms with Crippen LogP contribution in [0.1, 0.15) is 16.1 Å². The molecule has 0 aliphatic carbocycles. The molecule has 1 amide bonds. The van der Waals surface area contributed by atoms with E-state index in [2.05, 4.69) is 10.3 Å². The molecule has 0 spiro atoms. The minimum Gasteiger partial charge on any atom is -0.350 e. The second-order valence-electron chi connectivity index (χ2n) is 5.40. The predicted octanol–water partition coefficient (Wildman–Crippen LogP) is 3.86. The SMILES string of the molecule is O=C(NCCc1ccccc1F)c1ccc(-c2ccccc2)cn1. The lowest BCUT2D eigenvalue weighted by Gasteiger charge is -2.06. The fourth-order valence-corrected chi connectivity index (χ4v) is 2.43. The number of pyridine rings is 1. The molecule has 0 atom stereocenters.